The van der Waals surface area contributed by atoms with Crippen LogP contribution in [0.4, 0.5) is 9.18 Å². The van der Waals surface area contributed by atoms with E-state index < -0.39 is 0 Å². The number of rotatable bonds is 2. The first-order valence-corrected chi connectivity index (χ1v) is 7.07. The average Bonchev–Trinajstić information content (AvgIpc) is 2.47. The molecule has 5 nitrogen and oxygen atoms in total. The lowest BCUT2D eigenvalue weighted by Gasteiger charge is -2.35. The van der Waals surface area contributed by atoms with Crippen molar-refractivity contribution in [2.24, 2.45) is 0 Å². The number of hydrogen-bond acceptors (Lipinski definition) is 2. The zero-order chi connectivity index (χ0) is 15.4. The molecule has 0 atom stereocenters. The van der Waals surface area contributed by atoms with E-state index in [1.807, 2.05) is 13.8 Å². The average molecular weight is 293 g/mol. The van der Waals surface area contributed by atoms with Crippen molar-refractivity contribution in [2.75, 3.05) is 26.2 Å². The lowest BCUT2D eigenvalue weighted by Crippen LogP contribution is -2.54. The van der Waals surface area contributed by atoms with Gasteiger partial charge in [0, 0.05) is 37.8 Å². The topological polar surface area (TPSA) is 52.7 Å². The van der Waals surface area contributed by atoms with Crippen LogP contribution < -0.4 is 5.32 Å². The maximum atomic E-state index is 12.9. The number of carbonyl (C=O) groups excluding carboxylic acids is 2. The summed E-state index contributed by atoms with van der Waals surface area (Å²) in [5.74, 6) is -0.486. The second-order valence-electron chi connectivity index (χ2n) is 5.39. The van der Waals surface area contributed by atoms with Crippen molar-refractivity contribution < 1.29 is 14.0 Å². The van der Waals surface area contributed by atoms with Crippen LogP contribution in [0.3, 0.4) is 0 Å². The smallest absolute Gasteiger partial charge is 0.317 e. The van der Waals surface area contributed by atoms with E-state index in [1.165, 1.54) is 24.3 Å². The number of halogens is 1. The first-order chi connectivity index (χ1) is 9.97. The maximum absolute atomic E-state index is 12.9. The SMILES string of the molecule is CC(C)NC(=O)N1CCN(C(=O)c2ccc(F)cc2)CC1. The molecule has 0 bridgehead atoms. The third-order valence-corrected chi connectivity index (χ3v) is 3.36. The second-order valence-corrected chi connectivity index (χ2v) is 5.39. The molecule has 0 aromatic heterocycles. The van der Waals surface area contributed by atoms with Crippen molar-refractivity contribution in [1.82, 2.24) is 15.1 Å². The number of amides is 3. The third-order valence-electron chi connectivity index (χ3n) is 3.36. The number of nitrogens with one attached hydrogen (secondary N) is 1. The lowest BCUT2D eigenvalue weighted by atomic mass is 10.2. The van der Waals surface area contributed by atoms with Gasteiger partial charge in [-0.25, -0.2) is 9.18 Å². The van der Waals surface area contributed by atoms with Gasteiger partial charge in [-0.05, 0) is 38.1 Å². The Morgan fingerprint density at radius 2 is 1.57 bits per heavy atom. The van der Waals surface area contributed by atoms with Crippen LogP contribution in [0.5, 0.6) is 0 Å². The Labute approximate surface area is 123 Å². The molecule has 21 heavy (non-hydrogen) atoms. The molecule has 6 heteroatoms. The Kier molecular flexibility index (Phi) is 4.77. The predicted octanol–water partition coefficient (Wildman–Crippen LogP) is 1.70. The second kappa shape index (κ2) is 6.56. The van der Waals surface area contributed by atoms with E-state index >= 15 is 0 Å². The van der Waals surface area contributed by atoms with Crippen LogP contribution in [0, 0.1) is 5.82 Å². The van der Waals surface area contributed by atoms with E-state index in [2.05, 4.69) is 5.32 Å². The third kappa shape index (κ3) is 3.93. The van der Waals surface area contributed by atoms with Gasteiger partial charge in [-0.1, -0.05) is 0 Å². The molecule has 1 N–H and O–H groups in total. The van der Waals surface area contributed by atoms with Crippen molar-refractivity contribution in [1.29, 1.82) is 0 Å². The van der Waals surface area contributed by atoms with Gasteiger partial charge >= 0.3 is 6.03 Å². The van der Waals surface area contributed by atoms with Gasteiger partial charge in [-0.3, -0.25) is 4.79 Å². The molecule has 0 radical (unpaired) electrons. The van der Waals surface area contributed by atoms with E-state index in [4.69, 9.17) is 0 Å². The number of nitrogens with zero attached hydrogens (tertiary/aromatic N) is 2. The molecule has 1 fully saturated rings. The van der Waals surface area contributed by atoms with E-state index in [0.717, 1.165) is 0 Å². The van der Waals surface area contributed by atoms with E-state index in [-0.39, 0.29) is 23.8 Å². The van der Waals surface area contributed by atoms with Gasteiger partial charge < -0.3 is 15.1 Å². The molecule has 0 spiro atoms. The minimum atomic E-state index is -0.360. The van der Waals surface area contributed by atoms with Crippen LogP contribution in [0.15, 0.2) is 24.3 Å². The van der Waals surface area contributed by atoms with Crippen molar-refractivity contribution in [2.45, 2.75) is 19.9 Å². The summed E-state index contributed by atoms with van der Waals surface area (Å²) in [6.45, 7) is 5.80. The number of piperazine rings is 1. The molecule has 114 valence electrons. The van der Waals surface area contributed by atoms with Crippen LogP contribution in [-0.2, 0) is 0 Å². The molecule has 1 saturated heterocycles. The maximum Gasteiger partial charge on any atom is 0.317 e. The van der Waals surface area contributed by atoms with Crippen molar-refractivity contribution >= 4 is 11.9 Å². The monoisotopic (exact) mass is 293 g/mol. The highest BCUT2D eigenvalue weighted by molar-refractivity contribution is 5.94. The number of carbonyl (C=O) groups is 2. The van der Waals surface area contributed by atoms with Gasteiger partial charge in [-0.2, -0.15) is 0 Å². The van der Waals surface area contributed by atoms with Crippen LogP contribution in [0.1, 0.15) is 24.2 Å². The Hall–Kier alpha value is -2.11. The fraction of sp³-hybridized carbons (Fsp3) is 0.467. The Bertz CT molecular complexity index is 508. The minimum Gasteiger partial charge on any atom is -0.336 e. The lowest BCUT2D eigenvalue weighted by molar-refractivity contribution is 0.0664. The summed E-state index contributed by atoms with van der Waals surface area (Å²) in [5.41, 5.74) is 0.469. The number of urea groups is 1. The van der Waals surface area contributed by atoms with Crippen molar-refractivity contribution in [3.63, 3.8) is 0 Å². The predicted molar refractivity (Wildman–Crippen MR) is 77.5 cm³/mol. The van der Waals surface area contributed by atoms with Crippen molar-refractivity contribution in [3.05, 3.63) is 35.6 Å². The summed E-state index contributed by atoms with van der Waals surface area (Å²) in [6.07, 6.45) is 0. The van der Waals surface area contributed by atoms with E-state index in [9.17, 15) is 14.0 Å². The molecule has 2 rings (SSSR count). The highest BCUT2D eigenvalue weighted by Gasteiger charge is 2.24. The summed E-state index contributed by atoms with van der Waals surface area (Å²) in [7, 11) is 0. The fourth-order valence-corrected chi connectivity index (χ4v) is 2.23. The van der Waals surface area contributed by atoms with Gasteiger partial charge in [0.25, 0.3) is 5.91 Å². The molecule has 1 aromatic carbocycles. The Morgan fingerprint density at radius 3 is 2.10 bits per heavy atom. The van der Waals surface area contributed by atoms with Crippen LogP contribution in [0.25, 0.3) is 0 Å². The molecule has 1 aliphatic heterocycles. The van der Waals surface area contributed by atoms with Crippen LogP contribution >= 0.6 is 0 Å². The van der Waals surface area contributed by atoms with Crippen molar-refractivity contribution in [3.8, 4) is 0 Å². The van der Waals surface area contributed by atoms with Gasteiger partial charge in [0.1, 0.15) is 5.82 Å². The molecular formula is C15H20FN3O2. The minimum absolute atomic E-state index is 0.0939. The first kappa shape index (κ1) is 15.3. The molecule has 3 amide bonds. The molecular weight excluding hydrogens is 273 g/mol. The zero-order valence-corrected chi connectivity index (χ0v) is 12.3. The molecule has 1 aliphatic rings. The molecule has 0 unspecified atom stereocenters. The quantitative estimate of drug-likeness (QED) is 0.902. The molecule has 0 saturated carbocycles. The molecule has 1 heterocycles. The number of benzene rings is 1. The Morgan fingerprint density at radius 1 is 1.05 bits per heavy atom. The molecule has 1 aromatic rings. The summed E-state index contributed by atoms with van der Waals surface area (Å²) < 4.78 is 12.9. The van der Waals surface area contributed by atoms with Crippen LogP contribution in [0.2, 0.25) is 0 Å². The van der Waals surface area contributed by atoms with E-state index in [1.54, 1.807) is 9.80 Å². The Balaban J connectivity index is 1.90. The summed E-state index contributed by atoms with van der Waals surface area (Å²) in [5, 5.41) is 2.84. The standard InChI is InChI=1S/C15H20FN3O2/c1-11(2)17-15(21)19-9-7-18(8-10-19)14(20)12-3-5-13(16)6-4-12/h3-6,11H,7-10H2,1-2H3,(H,17,21). The molecule has 0 aliphatic carbocycles. The van der Waals surface area contributed by atoms with Crippen LogP contribution in [-0.4, -0.2) is 54.0 Å². The van der Waals surface area contributed by atoms with Gasteiger partial charge in [0.05, 0.1) is 0 Å². The summed E-state index contributed by atoms with van der Waals surface area (Å²) >= 11 is 0. The van der Waals surface area contributed by atoms with Gasteiger partial charge in [0.15, 0.2) is 0 Å². The zero-order valence-electron chi connectivity index (χ0n) is 12.3. The first-order valence-electron chi connectivity index (χ1n) is 7.07. The summed E-state index contributed by atoms with van der Waals surface area (Å²) in [4.78, 5) is 27.5. The normalized spacial score (nSPS) is 15.2. The highest BCUT2D eigenvalue weighted by atomic mass is 19.1. The largest absolute Gasteiger partial charge is 0.336 e. The fourth-order valence-electron chi connectivity index (χ4n) is 2.23. The van der Waals surface area contributed by atoms with E-state index in [0.29, 0.717) is 31.7 Å². The summed E-state index contributed by atoms with van der Waals surface area (Å²) in [6, 6.07) is 5.51. The number of hydrogen-bond donors (Lipinski definition) is 1. The van der Waals surface area contributed by atoms with Gasteiger partial charge in [-0.15, -0.1) is 0 Å². The highest BCUT2D eigenvalue weighted by Crippen LogP contribution is 2.10. The van der Waals surface area contributed by atoms with Gasteiger partial charge in [0.2, 0.25) is 0 Å².